The first-order chi connectivity index (χ1) is 15.0. The Morgan fingerprint density at radius 1 is 0.613 bits per heavy atom. The molecule has 4 aromatic rings. The van der Waals surface area contributed by atoms with Gasteiger partial charge in [-0.3, -0.25) is 0 Å². The molecule has 4 rings (SSSR count). The van der Waals surface area contributed by atoms with E-state index in [9.17, 15) is 8.78 Å². The molecular formula is C23H24F2N6. The minimum atomic E-state index is -0.276. The lowest BCUT2D eigenvalue weighted by Crippen LogP contribution is -2.07. The van der Waals surface area contributed by atoms with Gasteiger partial charge in [-0.2, -0.15) is 0 Å². The summed E-state index contributed by atoms with van der Waals surface area (Å²) in [6.45, 7) is 1.42. The Morgan fingerprint density at radius 2 is 1.00 bits per heavy atom. The number of aromatic nitrogens is 4. The number of halogens is 2. The molecule has 31 heavy (non-hydrogen) atoms. The second-order valence-electron chi connectivity index (χ2n) is 7.38. The SMILES string of the molecule is Nc1ncc(-c2ccc(F)cc2)n1CCCCCn1c(-c2ccc(F)cc2)cnc1N. The molecule has 0 fully saturated rings. The molecule has 6 nitrogen and oxygen atoms in total. The first-order valence-electron chi connectivity index (χ1n) is 10.2. The van der Waals surface area contributed by atoms with E-state index < -0.39 is 0 Å². The van der Waals surface area contributed by atoms with E-state index in [0.29, 0.717) is 25.0 Å². The van der Waals surface area contributed by atoms with Crippen LogP contribution >= 0.6 is 0 Å². The molecular weight excluding hydrogens is 398 g/mol. The molecule has 8 heteroatoms. The average Bonchev–Trinajstić information content (AvgIpc) is 3.32. The molecule has 160 valence electrons. The highest BCUT2D eigenvalue weighted by Crippen LogP contribution is 2.25. The summed E-state index contributed by atoms with van der Waals surface area (Å²) in [4.78, 5) is 8.42. The van der Waals surface area contributed by atoms with Crippen molar-refractivity contribution in [1.82, 2.24) is 19.1 Å². The van der Waals surface area contributed by atoms with Crippen molar-refractivity contribution in [2.75, 3.05) is 11.5 Å². The van der Waals surface area contributed by atoms with E-state index in [0.717, 1.165) is 41.8 Å². The summed E-state index contributed by atoms with van der Waals surface area (Å²) < 4.78 is 30.3. The Balaban J connectivity index is 1.36. The zero-order chi connectivity index (χ0) is 21.8. The average molecular weight is 422 g/mol. The predicted octanol–water partition coefficient (Wildman–Crippen LogP) is 4.73. The van der Waals surface area contributed by atoms with Crippen LogP contribution in [-0.4, -0.2) is 19.1 Å². The maximum absolute atomic E-state index is 13.2. The van der Waals surface area contributed by atoms with Crippen molar-refractivity contribution in [3.63, 3.8) is 0 Å². The van der Waals surface area contributed by atoms with E-state index in [4.69, 9.17) is 11.5 Å². The Labute approximate surface area is 179 Å². The topological polar surface area (TPSA) is 87.7 Å². The second kappa shape index (κ2) is 8.99. The number of nitrogens with zero attached hydrogens (tertiary/aromatic N) is 4. The van der Waals surface area contributed by atoms with Crippen LogP contribution in [-0.2, 0) is 13.1 Å². The molecule has 2 aromatic heterocycles. The van der Waals surface area contributed by atoms with E-state index in [2.05, 4.69) is 9.97 Å². The minimum absolute atomic E-state index is 0.276. The van der Waals surface area contributed by atoms with Crippen molar-refractivity contribution in [2.24, 2.45) is 0 Å². The minimum Gasteiger partial charge on any atom is -0.369 e. The molecule has 0 saturated heterocycles. The summed E-state index contributed by atoms with van der Waals surface area (Å²) in [7, 11) is 0. The Morgan fingerprint density at radius 3 is 1.39 bits per heavy atom. The number of hydrogen-bond donors (Lipinski definition) is 2. The molecule has 0 aliphatic rings. The number of hydrogen-bond acceptors (Lipinski definition) is 4. The Hall–Kier alpha value is -3.68. The van der Waals surface area contributed by atoms with E-state index in [1.807, 2.05) is 9.13 Å². The number of benzene rings is 2. The number of unbranched alkanes of at least 4 members (excludes halogenated alkanes) is 2. The van der Waals surface area contributed by atoms with Crippen LogP contribution in [0.25, 0.3) is 22.5 Å². The monoisotopic (exact) mass is 422 g/mol. The van der Waals surface area contributed by atoms with Gasteiger partial charge < -0.3 is 20.6 Å². The molecule has 0 saturated carbocycles. The third kappa shape index (κ3) is 4.58. The third-order valence-corrected chi connectivity index (χ3v) is 5.32. The van der Waals surface area contributed by atoms with E-state index in [1.165, 1.54) is 24.3 Å². The standard InChI is InChI=1S/C23H24F2N6/c24-18-8-4-16(5-9-18)20-14-28-22(26)30(20)12-2-1-3-13-31-21(15-29-23(31)27)17-6-10-19(25)11-7-17/h4-11,14-15H,1-3,12-13H2,(H2,26,28)(H2,27,29). The highest BCUT2D eigenvalue weighted by molar-refractivity contribution is 5.62. The Bertz CT molecular complexity index is 1050. The van der Waals surface area contributed by atoms with Crippen LogP contribution in [0.15, 0.2) is 60.9 Å². The summed E-state index contributed by atoms with van der Waals surface area (Å²) in [5.41, 5.74) is 15.6. The molecule has 4 N–H and O–H groups in total. The van der Waals surface area contributed by atoms with Crippen LogP contribution in [0.5, 0.6) is 0 Å². The zero-order valence-corrected chi connectivity index (χ0v) is 17.0. The lowest BCUT2D eigenvalue weighted by molar-refractivity contribution is 0.554. The quantitative estimate of drug-likeness (QED) is 0.402. The second-order valence-corrected chi connectivity index (χ2v) is 7.38. The molecule has 2 heterocycles. The molecule has 0 amide bonds. The molecule has 0 atom stereocenters. The molecule has 0 aliphatic carbocycles. The summed E-state index contributed by atoms with van der Waals surface area (Å²) in [6, 6.07) is 12.6. The maximum Gasteiger partial charge on any atom is 0.200 e. The Kier molecular flexibility index (Phi) is 5.97. The third-order valence-electron chi connectivity index (χ3n) is 5.32. The fourth-order valence-corrected chi connectivity index (χ4v) is 3.67. The van der Waals surface area contributed by atoms with Gasteiger partial charge in [0.05, 0.1) is 23.8 Å². The van der Waals surface area contributed by atoms with E-state index in [-0.39, 0.29) is 11.6 Å². The lowest BCUT2D eigenvalue weighted by atomic mass is 10.1. The van der Waals surface area contributed by atoms with Gasteiger partial charge in [0.1, 0.15) is 11.6 Å². The van der Waals surface area contributed by atoms with E-state index >= 15 is 0 Å². The summed E-state index contributed by atoms with van der Waals surface area (Å²) in [6.07, 6.45) is 6.17. The van der Waals surface area contributed by atoms with Crippen LogP contribution in [0.1, 0.15) is 19.3 Å². The van der Waals surface area contributed by atoms with Crippen molar-refractivity contribution in [1.29, 1.82) is 0 Å². The molecule has 0 bridgehead atoms. The smallest absolute Gasteiger partial charge is 0.200 e. The molecule has 0 spiro atoms. The molecule has 0 radical (unpaired) electrons. The van der Waals surface area contributed by atoms with Gasteiger partial charge in [0.25, 0.3) is 0 Å². The van der Waals surface area contributed by atoms with Crippen LogP contribution in [0, 0.1) is 11.6 Å². The molecule has 0 unspecified atom stereocenters. The van der Waals surface area contributed by atoms with Crippen LogP contribution in [0.2, 0.25) is 0 Å². The van der Waals surface area contributed by atoms with Gasteiger partial charge in [-0.15, -0.1) is 0 Å². The van der Waals surface area contributed by atoms with Crippen molar-refractivity contribution in [2.45, 2.75) is 32.4 Å². The number of nitrogens with two attached hydrogens (primary N) is 2. The largest absolute Gasteiger partial charge is 0.369 e. The van der Waals surface area contributed by atoms with Crippen LogP contribution in [0.3, 0.4) is 0 Å². The fourth-order valence-electron chi connectivity index (χ4n) is 3.67. The van der Waals surface area contributed by atoms with Crippen LogP contribution < -0.4 is 11.5 Å². The zero-order valence-electron chi connectivity index (χ0n) is 17.0. The first kappa shape index (κ1) is 20.6. The summed E-state index contributed by atoms with van der Waals surface area (Å²) in [5, 5.41) is 0. The van der Waals surface area contributed by atoms with Gasteiger partial charge in [0, 0.05) is 24.2 Å². The number of nitrogen functional groups attached to an aromatic ring is 2. The van der Waals surface area contributed by atoms with Crippen molar-refractivity contribution in [3.05, 3.63) is 72.6 Å². The summed E-state index contributed by atoms with van der Waals surface area (Å²) in [5.74, 6) is 0.330. The number of imidazole rings is 2. The number of anilines is 2. The molecule has 0 aliphatic heterocycles. The van der Waals surface area contributed by atoms with Gasteiger partial charge in [-0.05, 0) is 67.8 Å². The maximum atomic E-state index is 13.2. The number of rotatable bonds is 8. The van der Waals surface area contributed by atoms with Gasteiger partial charge >= 0.3 is 0 Å². The summed E-state index contributed by atoms with van der Waals surface area (Å²) >= 11 is 0. The van der Waals surface area contributed by atoms with Gasteiger partial charge in [-0.25, -0.2) is 18.7 Å². The van der Waals surface area contributed by atoms with Gasteiger partial charge in [0.2, 0.25) is 11.9 Å². The predicted molar refractivity (Wildman–Crippen MR) is 118 cm³/mol. The van der Waals surface area contributed by atoms with Gasteiger partial charge in [-0.1, -0.05) is 0 Å². The fraction of sp³-hybridized carbons (Fsp3) is 0.217. The van der Waals surface area contributed by atoms with Crippen LogP contribution in [0.4, 0.5) is 20.7 Å². The van der Waals surface area contributed by atoms with Crippen molar-refractivity contribution in [3.8, 4) is 22.5 Å². The lowest BCUT2D eigenvalue weighted by Gasteiger charge is -2.12. The first-order valence-corrected chi connectivity index (χ1v) is 10.2. The highest BCUT2D eigenvalue weighted by atomic mass is 19.1. The normalized spacial score (nSPS) is 11.2. The van der Waals surface area contributed by atoms with Crippen molar-refractivity contribution < 1.29 is 8.78 Å². The van der Waals surface area contributed by atoms with E-state index in [1.54, 1.807) is 36.7 Å². The highest BCUT2D eigenvalue weighted by Gasteiger charge is 2.11. The van der Waals surface area contributed by atoms with Gasteiger partial charge in [0.15, 0.2) is 0 Å². The van der Waals surface area contributed by atoms with Crippen molar-refractivity contribution >= 4 is 11.9 Å². The molecule has 2 aromatic carbocycles.